The van der Waals surface area contributed by atoms with Crippen molar-refractivity contribution >= 4 is 11.8 Å². The molecule has 1 fully saturated rings. The van der Waals surface area contributed by atoms with Crippen LogP contribution in [0.15, 0.2) is 24.3 Å². The summed E-state index contributed by atoms with van der Waals surface area (Å²) in [5.74, 6) is 0.440. The van der Waals surface area contributed by atoms with Crippen LogP contribution in [0, 0.1) is 0 Å². The van der Waals surface area contributed by atoms with Crippen molar-refractivity contribution in [2.24, 2.45) is 0 Å². The number of hydrogen-bond acceptors (Lipinski definition) is 3. The molecule has 0 unspecified atom stereocenters. The number of hydrogen-bond donors (Lipinski definition) is 1. The minimum atomic E-state index is -0.211. The van der Waals surface area contributed by atoms with Crippen molar-refractivity contribution in [1.29, 1.82) is 0 Å². The average molecular weight is 276 g/mol. The highest BCUT2D eigenvalue weighted by atomic mass is 16.5. The monoisotopic (exact) mass is 276 g/mol. The molecule has 1 aromatic carbocycles. The van der Waals surface area contributed by atoms with Crippen molar-refractivity contribution in [2.45, 2.75) is 19.3 Å². The van der Waals surface area contributed by atoms with Crippen molar-refractivity contribution in [2.75, 3.05) is 26.7 Å². The molecule has 1 N–H and O–H groups in total. The van der Waals surface area contributed by atoms with Gasteiger partial charge in [-0.15, -0.1) is 0 Å². The first-order valence-corrected chi connectivity index (χ1v) is 6.91. The molecule has 0 spiro atoms. The Balaban J connectivity index is 1.81. The first-order chi connectivity index (χ1) is 9.72. The van der Waals surface area contributed by atoms with E-state index in [0.717, 1.165) is 25.9 Å². The lowest BCUT2D eigenvalue weighted by Crippen LogP contribution is -2.32. The van der Waals surface area contributed by atoms with E-state index in [1.807, 2.05) is 11.0 Å². The van der Waals surface area contributed by atoms with Crippen LogP contribution in [0.2, 0.25) is 0 Å². The van der Waals surface area contributed by atoms with Gasteiger partial charge in [0.1, 0.15) is 5.75 Å². The lowest BCUT2D eigenvalue weighted by molar-refractivity contribution is -0.129. The maximum Gasteiger partial charge on any atom is 0.255 e. The number of nitrogens with one attached hydrogen (secondary N) is 1. The van der Waals surface area contributed by atoms with Crippen molar-refractivity contribution in [3.8, 4) is 5.75 Å². The summed E-state index contributed by atoms with van der Waals surface area (Å²) in [6.07, 6.45) is 2.51. The summed E-state index contributed by atoms with van der Waals surface area (Å²) in [5.41, 5.74) is 0.489. The van der Waals surface area contributed by atoms with Crippen molar-refractivity contribution < 1.29 is 14.3 Å². The molecule has 0 saturated carbocycles. The molecule has 1 aliphatic heterocycles. The second kappa shape index (κ2) is 6.93. The Bertz CT molecular complexity index is 482. The van der Waals surface area contributed by atoms with Gasteiger partial charge in [-0.25, -0.2) is 0 Å². The molecule has 1 aromatic rings. The highest BCUT2D eigenvalue weighted by molar-refractivity contribution is 5.97. The smallest absolute Gasteiger partial charge is 0.255 e. The number of methoxy groups -OCH3 is 1. The van der Waals surface area contributed by atoms with Gasteiger partial charge in [0.15, 0.2) is 0 Å². The summed E-state index contributed by atoms with van der Waals surface area (Å²) in [6, 6.07) is 7.04. The molecule has 1 aliphatic rings. The first-order valence-electron chi connectivity index (χ1n) is 6.91. The third kappa shape index (κ3) is 3.50. The molecule has 1 heterocycles. The van der Waals surface area contributed by atoms with Gasteiger partial charge in [0.25, 0.3) is 5.91 Å². The quantitative estimate of drug-likeness (QED) is 0.885. The summed E-state index contributed by atoms with van der Waals surface area (Å²) in [5, 5.41) is 2.76. The van der Waals surface area contributed by atoms with Crippen LogP contribution in [0.4, 0.5) is 0 Å². The normalized spacial score (nSPS) is 14.2. The number of para-hydroxylation sites is 1. The van der Waals surface area contributed by atoms with Crippen LogP contribution in [0.25, 0.3) is 0 Å². The lowest BCUT2D eigenvalue weighted by Gasteiger charge is -2.15. The van der Waals surface area contributed by atoms with E-state index in [1.165, 1.54) is 7.11 Å². The predicted octanol–water partition coefficient (Wildman–Crippen LogP) is 1.44. The summed E-state index contributed by atoms with van der Waals surface area (Å²) in [4.78, 5) is 25.7. The highest BCUT2D eigenvalue weighted by Gasteiger charge is 2.18. The number of nitrogens with zero attached hydrogens (tertiary/aromatic N) is 1. The summed E-state index contributed by atoms with van der Waals surface area (Å²) < 4.78 is 5.14. The SMILES string of the molecule is COc1ccccc1C(=O)NCCC(=O)N1CCCC1. The molecule has 0 bridgehead atoms. The van der Waals surface area contributed by atoms with E-state index in [-0.39, 0.29) is 11.8 Å². The third-order valence-electron chi connectivity index (χ3n) is 3.43. The lowest BCUT2D eigenvalue weighted by atomic mass is 10.2. The molecule has 108 valence electrons. The molecule has 0 radical (unpaired) electrons. The number of benzene rings is 1. The van der Waals surface area contributed by atoms with Crippen LogP contribution in [-0.4, -0.2) is 43.5 Å². The van der Waals surface area contributed by atoms with E-state index in [2.05, 4.69) is 5.32 Å². The van der Waals surface area contributed by atoms with Gasteiger partial charge >= 0.3 is 0 Å². The minimum absolute atomic E-state index is 0.114. The molecule has 20 heavy (non-hydrogen) atoms. The van der Waals surface area contributed by atoms with Crippen LogP contribution in [0.5, 0.6) is 5.75 Å². The van der Waals surface area contributed by atoms with E-state index in [0.29, 0.717) is 24.3 Å². The molecule has 2 amide bonds. The van der Waals surface area contributed by atoms with E-state index in [9.17, 15) is 9.59 Å². The summed E-state index contributed by atoms with van der Waals surface area (Å²) >= 11 is 0. The topological polar surface area (TPSA) is 58.6 Å². The number of likely N-dealkylation sites (tertiary alicyclic amines) is 1. The van der Waals surface area contributed by atoms with Gasteiger partial charge in [0, 0.05) is 26.1 Å². The molecule has 0 aromatic heterocycles. The van der Waals surface area contributed by atoms with Gasteiger partial charge in [-0.1, -0.05) is 12.1 Å². The van der Waals surface area contributed by atoms with Crippen LogP contribution in [0.3, 0.4) is 0 Å². The Morgan fingerprint density at radius 3 is 2.65 bits per heavy atom. The number of carbonyl (C=O) groups is 2. The Kier molecular flexibility index (Phi) is 4.98. The highest BCUT2D eigenvalue weighted by Crippen LogP contribution is 2.16. The second-order valence-electron chi connectivity index (χ2n) is 4.79. The Hall–Kier alpha value is -2.04. The van der Waals surface area contributed by atoms with Gasteiger partial charge in [0.05, 0.1) is 12.7 Å². The van der Waals surface area contributed by atoms with Gasteiger partial charge in [-0.2, -0.15) is 0 Å². The summed E-state index contributed by atoms with van der Waals surface area (Å²) in [7, 11) is 1.53. The van der Waals surface area contributed by atoms with Crippen LogP contribution in [-0.2, 0) is 4.79 Å². The van der Waals surface area contributed by atoms with Gasteiger partial charge in [-0.05, 0) is 25.0 Å². The zero-order chi connectivity index (χ0) is 14.4. The largest absolute Gasteiger partial charge is 0.496 e. The predicted molar refractivity (Wildman–Crippen MR) is 75.8 cm³/mol. The fraction of sp³-hybridized carbons (Fsp3) is 0.467. The average Bonchev–Trinajstić information content (AvgIpc) is 3.01. The van der Waals surface area contributed by atoms with Gasteiger partial charge < -0.3 is 15.0 Å². The Morgan fingerprint density at radius 1 is 1.25 bits per heavy atom. The molecule has 1 saturated heterocycles. The van der Waals surface area contributed by atoms with Gasteiger partial charge in [-0.3, -0.25) is 9.59 Å². The Labute approximate surface area is 118 Å². The van der Waals surface area contributed by atoms with Crippen LogP contribution < -0.4 is 10.1 Å². The fourth-order valence-corrected chi connectivity index (χ4v) is 2.34. The zero-order valence-corrected chi connectivity index (χ0v) is 11.7. The van der Waals surface area contributed by atoms with Crippen molar-refractivity contribution in [1.82, 2.24) is 10.2 Å². The van der Waals surface area contributed by atoms with Crippen LogP contribution >= 0.6 is 0 Å². The molecule has 2 rings (SSSR count). The standard InChI is InChI=1S/C15H20N2O3/c1-20-13-7-3-2-6-12(13)15(19)16-9-8-14(18)17-10-4-5-11-17/h2-3,6-7H,4-5,8-11H2,1H3,(H,16,19). The van der Waals surface area contributed by atoms with E-state index >= 15 is 0 Å². The second-order valence-corrected chi connectivity index (χ2v) is 4.79. The summed E-state index contributed by atoms with van der Waals surface area (Å²) in [6.45, 7) is 2.05. The van der Waals surface area contributed by atoms with Crippen molar-refractivity contribution in [3.05, 3.63) is 29.8 Å². The number of amides is 2. The van der Waals surface area contributed by atoms with E-state index < -0.39 is 0 Å². The number of carbonyl (C=O) groups excluding carboxylic acids is 2. The molecule has 0 aliphatic carbocycles. The Morgan fingerprint density at radius 2 is 1.95 bits per heavy atom. The van der Waals surface area contributed by atoms with Crippen molar-refractivity contribution in [3.63, 3.8) is 0 Å². The molecule has 0 atom stereocenters. The first kappa shape index (κ1) is 14.4. The maximum atomic E-state index is 12.0. The molecule has 5 heteroatoms. The fourth-order valence-electron chi connectivity index (χ4n) is 2.34. The van der Waals surface area contributed by atoms with Gasteiger partial charge in [0.2, 0.25) is 5.91 Å². The van der Waals surface area contributed by atoms with E-state index in [4.69, 9.17) is 4.74 Å². The maximum absolute atomic E-state index is 12.0. The number of rotatable bonds is 5. The van der Waals surface area contributed by atoms with E-state index in [1.54, 1.807) is 18.2 Å². The number of ether oxygens (including phenoxy) is 1. The zero-order valence-electron chi connectivity index (χ0n) is 11.7. The minimum Gasteiger partial charge on any atom is -0.496 e. The molecular formula is C15H20N2O3. The van der Waals surface area contributed by atoms with Crippen LogP contribution in [0.1, 0.15) is 29.6 Å². The molecular weight excluding hydrogens is 256 g/mol. The third-order valence-corrected chi connectivity index (χ3v) is 3.43. The molecule has 5 nitrogen and oxygen atoms in total.